The summed E-state index contributed by atoms with van der Waals surface area (Å²) in [5.41, 5.74) is 4.58. The third-order valence-corrected chi connectivity index (χ3v) is 7.22. The first kappa shape index (κ1) is 31.3. The monoisotopic (exact) mass is 544 g/mol. The van der Waals surface area contributed by atoms with Crippen molar-refractivity contribution >= 4 is 29.3 Å². The third kappa shape index (κ3) is 8.28. The van der Waals surface area contributed by atoms with E-state index in [-0.39, 0.29) is 35.6 Å². The van der Waals surface area contributed by atoms with Gasteiger partial charge in [0.1, 0.15) is 6.10 Å². The van der Waals surface area contributed by atoms with Crippen LogP contribution in [0.2, 0.25) is 0 Å². The predicted octanol–water partition coefficient (Wildman–Crippen LogP) is 5.13. The first-order valence-corrected chi connectivity index (χ1v) is 13.9. The molecule has 2 aliphatic rings. The second kappa shape index (κ2) is 16.1. The topological polar surface area (TPSA) is 95.9 Å². The lowest BCUT2D eigenvalue weighted by molar-refractivity contribution is -0.372. The van der Waals surface area contributed by atoms with Gasteiger partial charge in [0, 0.05) is 37.8 Å². The van der Waals surface area contributed by atoms with Gasteiger partial charge in [0.15, 0.2) is 11.6 Å². The van der Waals surface area contributed by atoms with Gasteiger partial charge < -0.3 is 15.8 Å². The zero-order valence-corrected chi connectivity index (χ0v) is 23.2. The highest BCUT2D eigenvalue weighted by Crippen LogP contribution is 2.43. The molecule has 0 saturated heterocycles. The number of pyridine rings is 1. The number of rotatable bonds is 6. The molecule has 1 amide bonds. The molecule has 1 heterocycles. The molecule has 0 bridgehead atoms. The van der Waals surface area contributed by atoms with Crippen LogP contribution in [0.4, 0.5) is 10.2 Å². The molecule has 0 aliphatic heterocycles. The second-order valence-electron chi connectivity index (χ2n) is 9.64. The van der Waals surface area contributed by atoms with Gasteiger partial charge in [-0.05, 0) is 37.0 Å². The van der Waals surface area contributed by atoms with Crippen LogP contribution in [0.25, 0.3) is 0 Å². The van der Waals surface area contributed by atoms with Gasteiger partial charge in [-0.3, -0.25) is 9.59 Å². The Morgan fingerprint density at radius 3 is 2.37 bits per heavy atom. The Morgan fingerprint density at radius 2 is 1.82 bits per heavy atom. The number of esters is 1. The maximum absolute atomic E-state index is 13.3. The largest absolute Gasteiger partial charge is 0.461 e. The van der Waals surface area contributed by atoms with E-state index in [1.54, 1.807) is 0 Å². The van der Waals surface area contributed by atoms with Gasteiger partial charge in [-0.1, -0.05) is 56.0 Å². The van der Waals surface area contributed by atoms with Gasteiger partial charge >= 0.3 is 5.97 Å². The van der Waals surface area contributed by atoms with Gasteiger partial charge in [-0.2, -0.15) is 0 Å². The van der Waals surface area contributed by atoms with E-state index in [0.717, 1.165) is 50.6 Å². The third-order valence-electron chi connectivity index (χ3n) is 7.22. The summed E-state index contributed by atoms with van der Waals surface area (Å²) in [5, 5.41) is 2.25. The molecular formula is C30H40ClFN3O3+. The van der Waals surface area contributed by atoms with Gasteiger partial charge in [0.2, 0.25) is 5.91 Å². The van der Waals surface area contributed by atoms with Crippen molar-refractivity contribution in [2.45, 2.75) is 69.8 Å². The number of halogens is 2. The number of carbonyl (C=O) groups excluding carboxylic acids is 2. The minimum atomic E-state index is -0.525. The number of aromatic nitrogens is 1. The summed E-state index contributed by atoms with van der Waals surface area (Å²) in [6, 6.07) is 12.9. The highest BCUT2D eigenvalue weighted by molar-refractivity contribution is 6.15. The number of hydrogen-bond donors (Lipinski definition) is 2. The van der Waals surface area contributed by atoms with E-state index in [0.29, 0.717) is 0 Å². The van der Waals surface area contributed by atoms with E-state index < -0.39 is 11.2 Å². The summed E-state index contributed by atoms with van der Waals surface area (Å²) in [6.07, 6.45) is 16.6. The highest BCUT2D eigenvalue weighted by Gasteiger charge is 2.47. The fourth-order valence-electron chi connectivity index (χ4n) is 5.21. The highest BCUT2D eigenvalue weighted by atomic mass is 35.5. The maximum Gasteiger partial charge on any atom is 0.316 e. The number of hydrogen-bond acceptors (Lipinski definition) is 4. The lowest BCUT2D eigenvalue weighted by Crippen LogP contribution is -2.55. The summed E-state index contributed by atoms with van der Waals surface area (Å²) < 4.78 is 18.7. The molecule has 2 fully saturated rings. The molecule has 3 unspecified atom stereocenters. The summed E-state index contributed by atoms with van der Waals surface area (Å²) in [6.45, 7) is 2.13. The number of amides is 1. The van der Waals surface area contributed by atoms with Gasteiger partial charge in [-0.15, -0.1) is 23.9 Å². The van der Waals surface area contributed by atoms with E-state index >= 15 is 0 Å². The smallest absolute Gasteiger partial charge is 0.316 e. The second-order valence-corrected chi connectivity index (χ2v) is 9.64. The number of quaternary nitrogens is 1. The molecule has 4 N–H and O–H groups in total. The van der Waals surface area contributed by atoms with Crippen LogP contribution < -0.4 is 11.1 Å². The average molecular weight is 545 g/mol. The molecule has 206 valence electrons. The van der Waals surface area contributed by atoms with E-state index in [9.17, 15) is 14.0 Å². The van der Waals surface area contributed by atoms with Crippen molar-refractivity contribution in [2.24, 2.45) is 11.8 Å². The van der Waals surface area contributed by atoms with Gasteiger partial charge in [0.05, 0.1) is 12.0 Å². The normalized spacial score (nSPS) is 21.4. The van der Waals surface area contributed by atoms with E-state index in [2.05, 4.69) is 45.7 Å². The Labute approximate surface area is 230 Å². The van der Waals surface area contributed by atoms with Crippen LogP contribution in [0, 0.1) is 30.0 Å². The molecule has 38 heavy (non-hydrogen) atoms. The fraction of sp³-hybridized carbons (Fsp3) is 0.500. The Hall–Kier alpha value is -2.95. The van der Waals surface area contributed by atoms with Crippen LogP contribution in [0.5, 0.6) is 0 Å². The number of ether oxygens (including phenoxy) is 1. The van der Waals surface area contributed by atoms with Crippen molar-refractivity contribution in [3.05, 3.63) is 60.0 Å². The summed E-state index contributed by atoms with van der Waals surface area (Å²) in [7, 11) is 0. The van der Waals surface area contributed by atoms with E-state index in [1.165, 1.54) is 44.5 Å². The molecule has 2 aromatic rings. The number of nitrogens with zero attached hydrogens (tertiary/aromatic N) is 1. The predicted molar refractivity (Wildman–Crippen MR) is 149 cm³/mol. The zero-order valence-electron chi connectivity index (χ0n) is 22.4. The van der Waals surface area contributed by atoms with Crippen LogP contribution in [-0.2, 0) is 19.7 Å². The Kier molecular flexibility index (Phi) is 13.3. The van der Waals surface area contributed by atoms with Crippen LogP contribution in [-0.4, -0.2) is 35.9 Å². The fourth-order valence-corrected chi connectivity index (χ4v) is 5.21. The molecule has 4 rings (SSSR count). The molecule has 2 aliphatic carbocycles. The Morgan fingerprint density at radius 1 is 1.16 bits per heavy atom. The van der Waals surface area contributed by atoms with Crippen LogP contribution in [0.3, 0.4) is 0 Å². The first-order chi connectivity index (χ1) is 18.4. The molecule has 2 saturated carbocycles. The SMILES string of the molecule is C#CC1CC(OC(=O)C2(c3ccccc3)CCCCCC2)C1CC[NH3+].CC(=O)Nc1ncccc1F.CCl. The van der Waals surface area contributed by atoms with Crippen molar-refractivity contribution in [1.29, 1.82) is 0 Å². The number of carbonyl (C=O) groups is 2. The zero-order chi connectivity index (χ0) is 28.0. The lowest BCUT2D eigenvalue weighted by Gasteiger charge is -2.43. The Bertz CT molecular complexity index is 1050. The number of alkyl halides is 1. The number of anilines is 1. The first-order valence-electron chi connectivity index (χ1n) is 13.2. The molecule has 3 atom stereocenters. The molecule has 8 heteroatoms. The average Bonchev–Trinajstić information content (AvgIpc) is 3.20. The maximum atomic E-state index is 13.3. The van der Waals surface area contributed by atoms with Crippen molar-refractivity contribution in [3.63, 3.8) is 0 Å². The molecule has 1 aromatic heterocycles. The minimum absolute atomic E-state index is 0.0278. The number of nitrogens with one attached hydrogen (secondary N) is 1. The molecule has 6 nitrogen and oxygen atoms in total. The summed E-state index contributed by atoms with van der Waals surface area (Å²) in [4.78, 5) is 27.4. The minimum Gasteiger partial charge on any atom is -0.461 e. The standard InChI is InChI=1S/C22H29NO2.C7H7FN2O.CH3Cl/c1-2-17-16-20(19(17)12-15-23)25-21(24)22(13-8-3-4-9-14-22)18-10-6-5-7-11-18;1-5(11)10-7-6(8)3-2-4-9-7;1-2/h1,5-7,10-11,17,19-20H,3-4,8-9,12-16,23H2;2-4H,1H3,(H,9,10,11);1H3/p+1. The van der Waals surface area contributed by atoms with Crippen molar-refractivity contribution in [3.8, 4) is 12.3 Å². The van der Waals surface area contributed by atoms with E-state index in [1.807, 2.05) is 18.2 Å². The summed E-state index contributed by atoms with van der Waals surface area (Å²) in [5.74, 6) is 2.45. The molecule has 1 aromatic carbocycles. The van der Waals surface area contributed by atoms with Gasteiger partial charge in [0.25, 0.3) is 0 Å². The van der Waals surface area contributed by atoms with Crippen molar-refractivity contribution in [1.82, 2.24) is 4.98 Å². The van der Waals surface area contributed by atoms with Crippen molar-refractivity contribution in [2.75, 3.05) is 18.2 Å². The lowest BCUT2D eigenvalue weighted by atomic mass is 9.69. The molecular weight excluding hydrogens is 505 g/mol. The van der Waals surface area contributed by atoms with E-state index in [4.69, 9.17) is 11.2 Å². The number of benzene rings is 1. The molecule has 0 radical (unpaired) electrons. The Balaban J connectivity index is 0.000000327. The number of terminal acetylenes is 1. The van der Waals surface area contributed by atoms with Crippen molar-refractivity contribution < 1.29 is 24.5 Å². The van der Waals surface area contributed by atoms with Crippen LogP contribution >= 0.6 is 11.6 Å². The van der Waals surface area contributed by atoms with Crippen LogP contribution in [0.15, 0.2) is 48.7 Å². The molecule has 0 spiro atoms. The van der Waals surface area contributed by atoms with Crippen LogP contribution in [0.1, 0.15) is 63.9 Å². The summed E-state index contributed by atoms with van der Waals surface area (Å²) >= 11 is 4.64. The van der Waals surface area contributed by atoms with Gasteiger partial charge in [-0.25, -0.2) is 9.37 Å². The quantitative estimate of drug-likeness (QED) is 0.228.